The molecule has 1 aliphatic carbocycles. The van der Waals surface area contributed by atoms with Crippen molar-refractivity contribution in [3.63, 3.8) is 0 Å². The Morgan fingerprint density at radius 1 is 1.17 bits per heavy atom. The van der Waals surface area contributed by atoms with Gasteiger partial charge in [-0.3, -0.25) is 0 Å². The fraction of sp³-hybridized carbons (Fsp3) is 0.381. The van der Waals surface area contributed by atoms with Gasteiger partial charge in [-0.15, -0.1) is 0 Å². The van der Waals surface area contributed by atoms with Crippen LogP contribution in [0.3, 0.4) is 0 Å². The Balaban J connectivity index is 1.63. The molecule has 0 aliphatic heterocycles. The fourth-order valence-electron chi connectivity index (χ4n) is 3.55. The maximum absolute atomic E-state index is 9.04. The molecular formula is C21H24N2. The van der Waals surface area contributed by atoms with Gasteiger partial charge < -0.3 is 5.32 Å². The third-order valence-electron chi connectivity index (χ3n) is 4.85. The van der Waals surface area contributed by atoms with Crippen molar-refractivity contribution in [3.05, 3.63) is 70.8 Å². The first-order valence-corrected chi connectivity index (χ1v) is 8.60. The molecule has 118 valence electrons. The van der Waals surface area contributed by atoms with Crippen LogP contribution in [0.15, 0.2) is 48.5 Å². The molecule has 2 atom stereocenters. The van der Waals surface area contributed by atoms with Gasteiger partial charge in [0.2, 0.25) is 0 Å². The highest BCUT2D eigenvalue weighted by Crippen LogP contribution is 2.22. The summed E-state index contributed by atoms with van der Waals surface area (Å²) in [6, 6.07) is 20.1. The topological polar surface area (TPSA) is 35.8 Å². The summed E-state index contributed by atoms with van der Waals surface area (Å²) in [7, 11) is 0. The zero-order chi connectivity index (χ0) is 16.1. The van der Waals surface area contributed by atoms with E-state index >= 15 is 0 Å². The summed E-state index contributed by atoms with van der Waals surface area (Å²) in [6.45, 7) is 2.24. The maximum atomic E-state index is 9.04. The van der Waals surface area contributed by atoms with Crippen molar-refractivity contribution in [1.29, 1.82) is 5.26 Å². The summed E-state index contributed by atoms with van der Waals surface area (Å²) in [6.07, 6.45) is 5.62. The van der Waals surface area contributed by atoms with Gasteiger partial charge in [0, 0.05) is 12.1 Å². The van der Waals surface area contributed by atoms with Crippen molar-refractivity contribution in [2.75, 3.05) is 0 Å². The van der Waals surface area contributed by atoms with E-state index in [0.717, 1.165) is 24.8 Å². The summed E-state index contributed by atoms with van der Waals surface area (Å²) in [4.78, 5) is 0. The minimum atomic E-state index is 0.471. The smallest absolute Gasteiger partial charge is 0.0991 e. The van der Waals surface area contributed by atoms with Crippen molar-refractivity contribution in [2.45, 2.75) is 51.1 Å². The van der Waals surface area contributed by atoms with Gasteiger partial charge in [0.05, 0.1) is 11.6 Å². The second kappa shape index (κ2) is 7.44. The Morgan fingerprint density at radius 3 is 2.78 bits per heavy atom. The van der Waals surface area contributed by atoms with E-state index in [2.05, 4.69) is 48.6 Å². The maximum Gasteiger partial charge on any atom is 0.0991 e. The Morgan fingerprint density at radius 2 is 2.00 bits per heavy atom. The van der Waals surface area contributed by atoms with Crippen molar-refractivity contribution in [3.8, 4) is 6.07 Å². The first-order chi connectivity index (χ1) is 11.3. The molecule has 0 radical (unpaired) electrons. The summed E-state index contributed by atoms with van der Waals surface area (Å²) >= 11 is 0. The molecule has 0 amide bonds. The molecule has 2 nitrogen and oxygen atoms in total. The Bertz CT molecular complexity index is 699. The monoisotopic (exact) mass is 304 g/mol. The first kappa shape index (κ1) is 15.8. The van der Waals surface area contributed by atoms with Crippen molar-refractivity contribution in [1.82, 2.24) is 5.32 Å². The minimum absolute atomic E-state index is 0.471. The number of nitrogens with zero attached hydrogens (tertiary/aromatic N) is 1. The molecule has 0 fully saturated rings. The molecule has 2 aromatic rings. The normalized spacial score (nSPS) is 18.0. The van der Waals surface area contributed by atoms with Gasteiger partial charge in [0.25, 0.3) is 0 Å². The van der Waals surface area contributed by atoms with Crippen LogP contribution in [0.2, 0.25) is 0 Å². The van der Waals surface area contributed by atoms with Crippen LogP contribution in [0.4, 0.5) is 0 Å². The van der Waals surface area contributed by atoms with Gasteiger partial charge >= 0.3 is 0 Å². The molecule has 0 spiro atoms. The van der Waals surface area contributed by atoms with E-state index in [1.165, 1.54) is 29.5 Å². The molecule has 23 heavy (non-hydrogen) atoms. The number of benzene rings is 2. The fourth-order valence-corrected chi connectivity index (χ4v) is 3.55. The number of nitriles is 1. The lowest BCUT2D eigenvalue weighted by atomic mass is 9.87. The highest BCUT2D eigenvalue weighted by molar-refractivity contribution is 5.33. The lowest BCUT2D eigenvalue weighted by molar-refractivity contribution is 0.383. The quantitative estimate of drug-likeness (QED) is 0.905. The SMILES string of the molecule is CCC(Cc1cccc(C#N)c1)NC1CCc2ccccc2C1. The van der Waals surface area contributed by atoms with Crippen LogP contribution in [-0.4, -0.2) is 12.1 Å². The molecular weight excluding hydrogens is 280 g/mol. The molecule has 0 heterocycles. The number of hydrogen-bond acceptors (Lipinski definition) is 2. The van der Waals surface area contributed by atoms with Crippen LogP contribution in [-0.2, 0) is 19.3 Å². The number of rotatable bonds is 5. The largest absolute Gasteiger partial charge is 0.311 e. The van der Waals surface area contributed by atoms with Gasteiger partial charge in [-0.2, -0.15) is 5.26 Å². The molecule has 0 saturated carbocycles. The molecule has 2 unspecified atom stereocenters. The number of hydrogen-bond donors (Lipinski definition) is 1. The molecule has 0 bridgehead atoms. The van der Waals surface area contributed by atoms with E-state index in [4.69, 9.17) is 5.26 Å². The first-order valence-electron chi connectivity index (χ1n) is 8.60. The van der Waals surface area contributed by atoms with E-state index in [1.54, 1.807) is 0 Å². The zero-order valence-electron chi connectivity index (χ0n) is 13.8. The molecule has 3 rings (SSSR count). The molecule has 0 aromatic heterocycles. The Hall–Kier alpha value is -2.11. The molecule has 1 N–H and O–H groups in total. The van der Waals surface area contributed by atoms with Crippen molar-refractivity contribution < 1.29 is 0 Å². The lowest BCUT2D eigenvalue weighted by Crippen LogP contribution is -2.42. The van der Waals surface area contributed by atoms with Crippen LogP contribution in [0.1, 0.15) is 42.0 Å². The van der Waals surface area contributed by atoms with Crippen LogP contribution in [0, 0.1) is 11.3 Å². The average molecular weight is 304 g/mol. The van der Waals surface area contributed by atoms with E-state index < -0.39 is 0 Å². The third kappa shape index (κ3) is 4.00. The van der Waals surface area contributed by atoms with Crippen LogP contribution >= 0.6 is 0 Å². The molecule has 2 aromatic carbocycles. The van der Waals surface area contributed by atoms with E-state index in [-0.39, 0.29) is 0 Å². The second-order valence-corrected chi connectivity index (χ2v) is 6.50. The van der Waals surface area contributed by atoms with E-state index in [0.29, 0.717) is 12.1 Å². The van der Waals surface area contributed by atoms with Crippen molar-refractivity contribution >= 4 is 0 Å². The minimum Gasteiger partial charge on any atom is -0.311 e. The number of aryl methyl sites for hydroxylation is 1. The Kier molecular flexibility index (Phi) is 5.10. The summed E-state index contributed by atoms with van der Waals surface area (Å²) in [5.41, 5.74) is 5.02. The average Bonchev–Trinajstić information content (AvgIpc) is 2.61. The van der Waals surface area contributed by atoms with Crippen LogP contribution in [0.5, 0.6) is 0 Å². The molecule has 0 saturated heterocycles. The highest BCUT2D eigenvalue weighted by atomic mass is 14.9. The predicted molar refractivity (Wildman–Crippen MR) is 94.3 cm³/mol. The standard InChI is InChI=1S/C21H24N2/c1-2-20(13-16-6-5-7-17(12-16)15-22)23-21-11-10-18-8-3-4-9-19(18)14-21/h3-9,12,20-21,23H,2,10-11,13-14H2,1H3. The molecule has 2 heteroatoms. The molecule has 1 aliphatic rings. The zero-order valence-corrected chi connectivity index (χ0v) is 13.8. The lowest BCUT2D eigenvalue weighted by Gasteiger charge is -2.29. The van der Waals surface area contributed by atoms with Gasteiger partial charge in [-0.25, -0.2) is 0 Å². The van der Waals surface area contributed by atoms with Crippen LogP contribution < -0.4 is 5.32 Å². The summed E-state index contributed by atoms with van der Waals surface area (Å²) in [5.74, 6) is 0. The van der Waals surface area contributed by atoms with Crippen molar-refractivity contribution in [2.24, 2.45) is 0 Å². The summed E-state index contributed by atoms with van der Waals surface area (Å²) < 4.78 is 0. The van der Waals surface area contributed by atoms with E-state index in [9.17, 15) is 0 Å². The highest BCUT2D eigenvalue weighted by Gasteiger charge is 2.20. The van der Waals surface area contributed by atoms with Gasteiger partial charge in [-0.1, -0.05) is 43.3 Å². The number of nitrogens with one attached hydrogen (secondary N) is 1. The van der Waals surface area contributed by atoms with Gasteiger partial charge in [-0.05, 0) is 60.9 Å². The number of fused-ring (bicyclic) bond motifs is 1. The summed E-state index contributed by atoms with van der Waals surface area (Å²) in [5, 5.41) is 12.9. The van der Waals surface area contributed by atoms with Gasteiger partial charge in [0.1, 0.15) is 0 Å². The Labute approximate surface area is 139 Å². The predicted octanol–water partition coefficient (Wildman–Crippen LogP) is 4.03. The van der Waals surface area contributed by atoms with E-state index in [1.807, 2.05) is 18.2 Å². The third-order valence-corrected chi connectivity index (χ3v) is 4.85. The second-order valence-electron chi connectivity index (χ2n) is 6.50. The van der Waals surface area contributed by atoms with Gasteiger partial charge in [0.15, 0.2) is 0 Å². The van der Waals surface area contributed by atoms with Crippen LogP contribution in [0.25, 0.3) is 0 Å².